The lowest BCUT2D eigenvalue weighted by molar-refractivity contribution is 0.409. The first kappa shape index (κ1) is 31.0. The summed E-state index contributed by atoms with van der Waals surface area (Å²) >= 11 is 1.63. The van der Waals surface area contributed by atoms with E-state index in [2.05, 4.69) is 128 Å². The number of thiophene rings is 1. The number of nitrogens with zero attached hydrogens (tertiary/aromatic N) is 2. The summed E-state index contributed by atoms with van der Waals surface area (Å²) in [7, 11) is 0. The van der Waals surface area contributed by atoms with E-state index in [1.165, 1.54) is 11.1 Å². The number of aromatic nitrogens is 2. The van der Waals surface area contributed by atoms with Crippen LogP contribution in [0.15, 0.2) is 81.6 Å². The predicted octanol–water partition coefficient (Wildman–Crippen LogP) is 11.1. The molecule has 0 N–H and O–H groups in total. The summed E-state index contributed by atoms with van der Waals surface area (Å²) in [5.74, 6) is 4.07. The Labute approximate surface area is 261 Å². The molecule has 5 rings (SSSR count). The number of hydrogen-bond donors (Lipinski definition) is 0. The molecular weight excluding hydrogens is 548 g/mol. The van der Waals surface area contributed by atoms with Crippen molar-refractivity contribution in [2.24, 2.45) is 0 Å². The van der Waals surface area contributed by atoms with Gasteiger partial charge >= 0.3 is 0 Å². The zero-order valence-electron chi connectivity index (χ0n) is 27.0. The molecule has 0 aliphatic carbocycles. The van der Waals surface area contributed by atoms with Crippen LogP contribution in [0.3, 0.4) is 0 Å². The molecule has 4 nitrogen and oxygen atoms in total. The number of oxazole rings is 2. The topological polar surface area (TPSA) is 52.1 Å². The second-order valence-electron chi connectivity index (χ2n) is 13.7. The fraction of sp³-hybridized carbons (Fsp3) is 0.421. The molecule has 2 atom stereocenters. The molecule has 0 saturated heterocycles. The van der Waals surface area contributed by atoms with E-state index in [1.807, 2.05) is 0 Å². The van der Waals surface area contributed by atoms with Gasteiger partial charge in [0.2, 0.25) is 11.8 Å². The van der Waals surface area contributed by atoms with Crippen molar-refractivity contribution in [2.45, 2.75) is 104 Å². The summed E-state index contributed by atoms with van der Waals surface area (Å²) in [5, 5.41) is 0. The van der Waals surface area contributed by atoms with Crippen LogP contribution in [0, 0.1) is 0 Å². The lowest BCUT2D eigenvalue weighted by Gasteiger charge is -2.19. The van der Waals surface area contributed by atoms with Crippen LogP contribution >= 0.6 is 11.3 Å². The van der Waals surface area contributed by atoms with Gasteiger partial charge in [0.1, 0.15) is 11.5 Å². The van der Waals surface area contributed by atoms with Crippen LogP contribution in [0.2, 0.25) is 0 Å². The van der Waals surface area contributed by atoms with E-state index in [1.54, 1.807) is 11.3 Å². The summed E-state index contributed by atoms with van der Waals surface area (Å²) in [6.07, 6.45) is 3.80. The molecule has 2 unspecified atom stereocenters. The van der Waals surface area contributed by atoms with Gasteiger partial charge < -0.3 is 8.83 Å². The first-order chi connectivity index (χ1) is 20.5. The average Bonchev–Trinajstić information content (AvgIpc) is 3.73. The molecule has 226 valence electrons. The lowest BCUT2D eigenvalue weighted by Crippen LogP contribution is -2.14. The largest absolute Gasteiger partial charge is 0.440 e. The average molecular weight is 595 g/mol. The highest BCUT2D eigenvalue weighted by atomic mass is 32.1. The predicted molar refractivity (Wildman–Crippen MR) is 179 cm³/mol. The van der Waals surface area contributed by atoms with Crippen molar-refractivity contribution in [3.63, 3.8) is 0 Å². The molecule has 0 amide bonds. The quantitative estimate of drug-likeness (QED) is 0.161. The van der Waals surface area contributed by atoms with Gasteiger partial charge in [0.25, 0.3) is 0 Å². The first-order valence-electron chi connectivity index (χ1n) is 15.7. The van der Waals surface area contributed by atoms with Gasteiger partial charge in [-0.3, -0.25) is 0 Å². The highest BCUT2D eigenvalue weighted by Crippen LogP contribution is 2.41. The summed E-state index contributed by atoms with van der Waals surface area (Å²) in [5.41, 5.74) is 4.49. The fourth-order valence-electron chi connectivity index (χ4n) is 5.84. The van der Waals surface area contributed by atoms with E-state index in [0.29, 0.717) is 23.6 Å². The second-order valence-corrected chi connectivity index (χ2v) is 14.8. The molecular formula is C38H46N2O2S. The fourth-order valence-corrected chi connectivity index (χ4v) is 6.70. The van der Waals surface area contributed by atoms with Gasteiger partial charge in [-0.05, 0) is 47.9 Å². The van der Waals surface area contributed by atoms with Crippen molar-refractivity contribution < 1.29 is 8.83 Å². The van der Waals surface area contributed by atoms with Crippen LogP contribution in [0.4, 0.5) is 0 Å². The highest BCUT2D eigenvalue weighted by molar-refractivity contribution is 7.18. The Balaban J connectivity index is 1.46. The minimum absolute atomic E-state index is 0.150. The molecule has 0 aliphatic heterocycles. The number of hydrogen-bond acceptors (Lipinski definition) is 5. The van der Waals surface area contributed by atoms with Gasteiger partial charge in [-0.2, -0.15) is 0 Å². The van der Waals surface area contributed by atoms with Crippen LogP contribution in [0.25, 0.3) is 21.5 Å². The first-order valence-corrected chi connectivity index (χ1v) is 16.5. The molecule has 0 spiro atoms. The maximum absolute atomic E-state index is 6.54. The zero-order valence-corrected chi connectivity index (χ0v) is 27.8. The zero-order chi connectivity index (χ0) is 30.8. The Kier molecular flexibility index (Phi) is 9.12. The van der Waals surface area contributed by atoms with Crippen LogP contribution < -0.4 is 0 Å². The number of benzene rings is 2. The van der Waals surface area contributed by atoms with E-state index >= 15 is 0 Å². The second kappa shape index (κ2) is 12.7. The van der Waals surface area contributed by atoms with Crippen molar-refractivity contribution in [1.29, 1.82) is 0 Å². The van der Waals surface area contributed by atoms with Crippen LogP contribution in [0.5, 0.6) is 0 Å². The minimum Gasteiger partial charge on any atom is -0.440 e. The molecule has 5 heteroatoms. The third-order valence-corrected chi connectivity index (χ3v) is 9.25. The van der Waals surface area contributed by atoms with Gasteiger partial charge in [-0.15, -0.1) is 11.3 Å². The van der Waals surface area contributed by atoms with Crippen molar-refractivity contribution in [1.82, 2.24) is 9.97 Å². The molecule has 0 radical (unpaired) electrons. The maximum atomic E-state index is 6.54. The molecule has 43 heavy (non-hydrogen) atoms. The summed E-state index contributed by atoms with van der Waals surface area (Å²) in [4.78, 5) is 12.2. The Morgan fingerprint density at radius 1 is 0.581 bits per heavy atom. The van der Waals surface area contributed by atoms with E-state index in [4.69, 9.17) is 18.8 Å². The standard InChI is InChI=1S/C38H46N2O2S/c1-9-25(27-17-13-11-14-18-27)23-29-33(37(3,4)5)41-35(39-29)31-21-22-32(43-31)36-40-30(34(42-36)38(6,7)8)24-26(10-2)28-19-15-12-16-20-28/h11-22,25-26H,9-10,23-24H2,1-8H3. The van der Waals surface area contributed by atoms with Crippen LogP contribution in [-0.4, -0.2) is 9.97 Å². The van der Waals surface area contributed by atoms with Gasteiger partial charge in [-0.1, -0.05) is 116 Å². The number of rotatable bonds is 10. The molecule has 2 aromatic carbocycles. The summed E-state index contributed by atoms with van der Waals surface area (Å²) in [6, 6.07) is 25.7. The van der Waals surface area contributed by atoms with E-state index < -0.39 is 0 Å². The van der Waals surface area contributed by atoms with Gasteiger partial charge in [-0.25, -0.2) is 9.97 Å². The van der Waals surface area contributed by atoms with E-state index in [9.17, 15) is 0 Å². The molecule has 0 aliphatic rings. The summed E-state index contributed by atoms with van der Waals surface area (Å²) < 4.78 is 13.1. The lowest BCUT2D eigenvalue weighted by atomic mass is 9.86. The molecule has 0 fully saturated rings. The van der Waals surface area contributed by atoms with Gasteiger partial charge in [0.15, 0.2) is 0 Å². The van der Waals surface area contributed by atoms with Crippen molar-refractivity contribution in [2.75, 3.05) is 0 Å². The third kappa shape index (κ3) is 7.04. The molecule has 3 heterocycles. The van der Waals surface area contributed by atoms with E-state index in [-0.39, 0.29) is 10.8 Å². The van der Waals surface area contributed by atoms with Gasteiger partial charge in [0, 0.05) is 23.7 Å². The van der Waals surface area contributed by atoms with Crippen molar-refractivity contribution in [3.8, 4) is 21.5 Å². The summed E-state index contributed by atoms with van der Waals surface area (Å²) in [6.45, 7) is 17.7. The normalized spacial score (nSPS) is 13.8. The molecule has 3 aromatic heterocycles. The van der Waals surface area contributed by atoms with Gasteiger partial charge in [0.05, 0.1) is 21.1 Å². The maximum Gasteiger partial charge on any atom is 0.236 e. The Morgan fingerprint density at radius 2 is 0.953 bits per heavy atom. The monoisotopic (exact) mass is 594 g/mol. The highest BCUT2D eigenvalue weighted by Gasteiger charge is 2.30. The molecule has 0 bridgehead atoms. The Morgan fingerprint density at radius 3 is 1.28 bits per heavy atom. The molecule has 5 aromatic rings. The third-order valence-electron chi connectivity index (χ3n) is 8.19. The van der Waals surface area contributed by atoms with Crippen molar-refractivity contribution in [3.05, 3.63) is 107 Å². The smallest absolute Gasteiger partial charge is 0.236 e. The minimum atomic E-state index is -0.150. The van der Waals surface area contributed by atoms with E-state index in [0.717, 1.165) is 58.3 Å². The van der Waals surface area contributed by atoms with Crippen LogP contribution in [0.1, 0.15) is 114 Å². The van der Waals surface area contributed by atoms with Crippen molar-refractivity contribution >= 4 is 11.3 Å². The molecule has 0 saturated carbocycles. The van der Waals surface area contributed by atoms with Crippen LogP contribution in [-0.2, 0) is 23.7 Å². The Hall–Kier alpha value is -3.44. The Bertz CT molecular complexity index is 1490. The SMILES string of the molecule is CCC(Cc1nc(-c2ccc(-c3nc(CC(CC)c4ccccc4)c(C(C)(C)C)o3)s2)oc1C(C)(C)C)c1ccccc1.